The molecule has 1 N–H and O–H groups in total. The van der Waals surface area contributed by atoms with Crippen LogP contribution in [0.25, 0.3) is 0 Å². The minimum absolute atomic E-state index is 0. The van der Waals surface area contributed by atoms with Crippen molar-refractivity contribution in [1.82, 2.24) is 10.2 Å². The molecule has 0 bridgehead atoms. The number of ketones is 1. The zero-order valence-corrected chi connectivity index (χ0v) is 17.6. The van der Waals surface area contributed by atoms with Gasteiger partial charge in [0, 0.05) is 27.0 Å². The van der Waals surface area contributed by atoms with Gasteiger partial charge in [0.2, 0.25) is 5.91 Å². The molecule has 6 nitrogen and oxygen atoms in total. The molecule has 3 atom stereocenters. The molecule has 1 aliphatic heterocycles. The molecule has 2 aliphatic rings. The second-order valence-corrected chi connectivity index (χ2v) is 7.24. The van der Waals surface area contributed by atoms with Gasteiger partial charge in [0.1, 0.15) is 11.1 Å². The zero-order chi connectivity index (χ0) is 17.4. The van der Waals surface area contributed by atoms with Crippen molar-refractivity contribution in [2.45, 2.75) is 57.7 Å². The van der Waals surface area contributed by atoms with E-state index in [4.69, 9.17) is 4.74 Å². The average molecular weight is 505 g/mol. The molecule has 2 amide bonds. The van der Waals surface area contributed by atoms with Crippen molar-refractivity contribution in [3.63, 3.8) is 0 Å². The van der Waals surface area contributed by atoms with Crippen LogP contribution in [0.5, 0.6) is 0 Å². The molecule has 1 saturated carbocycles. The van der Waals surface area contributed by atoms with E-state index in [1.54, 1.807) is 26.8 Å². The molecule has 1 aliphatic carbocycles. The van der Waals surface area contributed by atoms with Crippen LogP contribution >= 0.6 is 0 Å². The van der Waals surface area contributed by atoms with Gasteiger partial charge in [-0.05, 0) is 34.1 Å². The number of likely N-dealkylation sites (tertiary alicyclic amines) is 1. The number of hydrogen-bond acceptors (Lipinski definition) is 4. The number of amides is 2. The van der Waals surface area contributed by atoms with Crippen LogP contribution in [-0.2, 0) is 35.4 Å². The Bertz CT molecular complexity index is 543. The van der Waals surface area contributed by atoms with E-state index >= 15 is 0 Å². The molecule has 7 heteroatoms. The zero-order valence-electron chi connectivity index (χ0n) is 14.6. The van der Waals surface area contributed by atoms with Crippen LogP contribution in [0.4, 0.5) is 4.79 Å². The Kier molecular flexibility index (Phi) is 6.42. The molecule has 1 saturated heterocycles. The molecular formula is C17H25N2O4W-. The molecular weight excluding hydrogens is 480 g/mol. The summed E-state index contributed by atoms with van der Waals surface area (Å²) in [7, 11) is 0. The molecule has 0 aromatic heterocycles. The summed E-state index contributed by atoms with van der Waals surface area (Å²) in [4.78, 5) is 38.1. The van der Waals surface area contributed by atoms with Crippen molar-refractivity contribution in [1.29, 1.82) is 0 Å². The fraction of sp³-hybridized carbons (Fsp3) is 0.647. The fourth-order valence-corrected chi connectivity index (χ4v) is 2.91. The summed E-state index contributed by atoms with van der Waals surface area (Å²) >= 11 is 0. The maximum atomic E-state index is 12.6. The normalized spacial score (nSPS) is 28.6. The van der Waals surface area contributed by atoms with E-state index < -0.39 is 23.3 Å². The van der Waals surface area contributed by atoms with Crippen LogP contribution in [-0.4, -0.2) is 46.4 Å². The van der Waals surface area contributed by atoms with Gasteiger partial charge in [0.25, 0.3) is 0 Å². The van der Waals surface area contributed by atoms with Crippen LogP contribution in [0.2, 0.25) is 0 Å². The van der Waals surface area contributed by atoms with Crippen LogP contribution in [0.1, 0.15) is 40.5 Å². The van der Waals surface area contributed by atoms with E-state index in [9.17, 15) is 14.4 Å². The molecule has 2 fully saturated rings. The third kappa shape index (κ3) is 4.27. The molecule has 0 aromatic carbocycles. The van der Waals surface area contributed by atoms with Crippen molar-refractivity contribution in [2.24, 2.45) is 5.92 Å². The van der Waals surface area contributed by atoms with E-state index in [0.717, 1.165) is 0 Å². The number of hydrogen-bond donors (Lipinski definition) is 1. The summed E-state index contributed by atoms with van der Waals surface area (Å²) < 4.78 is 5.34. The van der Waals surface area contributed by atoms with Crippen LogP contribution in [0.3, 0.4) is 0 Å². The monoisotopic (exact) mass is 505 g/mol. The molecule has 24 heavy (non-hydrogen) atoms. The van der Waals surface area contributed by atoms with E-state index in [2.05, 4.69) is 11.9 Å². The summed E-state index contributed by atoms with van der Waals surface area (Å²) in [6.45, 7) is 10.9. The fourth-order valence-electron chi connectivity index (χ4n) is 2.91. The van der Waals surface area contributed by atoms with Gasteiger partial charge < -0.3 is 21.4 Å². The minimum Gasteiger partial charge on any atom is -0.444 e. The second kappa shape index (κ2) is 7.38. The van der Waals surface area contributed by atoms with Crippen molar-refractivity contribution >= 4 is 17.8 Å². The average Bonchev–Trinajstić information content (AvgIpc) is 2.92. The molecule has 0 radical (unpaired) electrons. The number of carbonyl (C=O) groups is 3. The quantitative estimate of drug-likeness (QED) is 0.468. The van der Waals surface area contributed by atoms with Crippen LogP contribution in [0.15, 0.2) is 12.7 Å². The van der Waals surface area contributed by atoms with Gasteiger partial charge in [-0.1, -0.05) is 12.6 Å². The van der Waals surface area contributed by atoms with Crippen molar-refractivity contribution in [3.05, 3.63) is 19.1 Å². The Morgan fingerprint density at radius 2 is 2.00 bits per heavy atom. The van der Waals surface area contributed by atoms with E-state index in [1.807, 2.05) is 6.42 Å². The Labute approximate surface area is 157 Å². The van der Waals surface area contributed by atoms with Gasteiger partial charge in [-0.15, -0.1) is 13.0 Å². The third-order valence-electron chi connectivity index (χ3n) is 4.30. The minimum atomic E-state index is -0.846. The second-order valence-electron chi connectivity index (χ2n) is 7.24. The topological polar surface area (TPSA) is 75.7 Å². The molecule has 134 valence electrons. The summed E-state index contributed by atoms with van der Waals surface area (Å²) in [5.41, 5.74) is -1.47. The Morgan fingerprint density at radius 1 is 1.38 bits per heavy atom. The predicted molar refractivity (Wildman–Crippen MR) is 85.5 cm³/mol. The smallest absolute Gasteiger partial charge is 0.408 e. The first-order chi connectivity index (χ1) is 10.6. The summed E-state index contributed by atoms with van der Waals surface area (Å²) in [6, 6.07) is -0.632. The predicted octanol–water partition coefficient (Wildman–Crippen LogP) is 1.85. The van der Waals surface area contributed by atoms with Gasteiger partial charge in [-0.2, -0.15) is 0 Å². The molecule has 0 aromatic rings. The van der Waals surface area contributed by atoms with Gasteiger partial charge in [0.15, 0.2) is 5.78 Å². The SMILES string of the molecule is C=C[C@@H]1CC1(NC(=O)[C@@H]1C[CH-]CN1C(=O)OC(C)(C)C)C(C)=O.[W]. The molecule has 1 unspecified atom stereocenters. The summed E-state index contributed by atoms with van der Waals surface area (Å²) in [5.74, 6) is -0.435. The van der Waals surface area contributed by atoms with Crippen molar-refractivity contribution in [3.8, 4) is 0 Å². The first kappa shape index (κ1) is 20.9. The van der Waals surface area contributed by atoms with Crippen LogP contribution in [0, 0.1) is 12.3 Å². The molecule has 2 rings (SSSR count). The van der Waals surface area contributed by atoms with E-state index in [0.29, 0.717) is 19.4 Å². The Morgan fingerprint density at radius 3 is 2.46 bits per heavy atom. The van der Waals surface area contributed by atoms with E-state index in [-0.39, 0.29) is 38.7 Å². The Balaban J connectivity index is 0.00000288. The summed E-state index contributed by atoms with van der Waals surface area (Å²) in [6.07, 6.45) is 4.07. The first-order valence-electron chi connectivity index (χ1n) is 7.87. The molecule has 0 spiro atoms. The van der Waals surface area contributed by atoms with Gasteiger partial charge in [-0.3, -0.25) is 9.59 Å². The van der Waals surface area contributed by atoms with Gasteiger partial charge >= 0.3 is 6.09 Å². The summed E-state index contributed by atoms with van der Waals surface area (Å²) in [5, 5.41) is 2.83. The first-order valence-corrected chi connectivity index (χ1v) is 7.87. The number of ether oxygens (including phenoxy) is 1. The maximum absolute atomic E-state index is 12.6. The van der Waals surface area contributed by atoms with Crippen molar-refractivity contribution < 1.29 is 40.2 Å². The van der Waals surface area contributed by atoms with E-state index in [1.165, 1.54) is 11.8 Å². The third-order valence-corrected chi connectivity index (χ3v) is 4.30. The van der Waals surface area contributed by atoms with Crippen molar-refractivity contribution in [2.75, 3.05) is 6.54 Å². The maximum Gasteiger partial charge on any atom is 0.408 e. The standard InChI is InChI=1S/C17H25N2O4.W/c1-6-12-10-17(12,11(2)20)18-14(21)13-8-7-9-19(13)15(22)23-16(3,4)5;/h6-7,12-13H,1,8-10H2,2-5H3,(H,18,21);/q-1;/t12-,13+,17?;/m1./s1. The van der Waals surface area contributed by atoms with Gasteiger partial charge in [0.05, 0.1) is 6.04 Å². The number of Topliss-reactive ketones (excluding diaryl/α,β-unsaturated/α-hetero) is 1. The number of nitrogens with zero attached hydrogens (tertiary/aromatic N) is 1. The van der Waals surface area contributed by atoms with Crippen LogP contribution < -0.4 is 5.32 Å². The number of nitrogens with one attached hydrogen (secondary N) is 1. The number of rotatable bonds is 4. The Hall–Kier alpha value is -1.16. The number of carbonyl (C=O) groups excluding carboxylic acids is 3. The molecule has 1 heterocycles. The van der Waals surface area contributed by atoms with Gasteiger partial charge in [-0.25, -0.2) is 4.79 Å². The largest absolute Gasteiger partial charge is 0.444 e.